The molecule has 0 aliphatic carbocycles. The van der Waals surface area contributed by atoms with Crippen LogP contribution in [0.5, 0.6) is 0 Å². The van der Waals surface area contributed by atoms with Crippen LogP contribution in [0.1, 0.15) is 13.8 Å². The molecule has 0 aromatic carbocycles. The highest BCUT2D eigenvalue weighted by molar-refractivity contribution is 4.75. The normalized spacial score (nSPS) is 24.0. The molecule has 1 saturated heterocycles. The van der Waals surface area contributed by atoms with Crippen molar-refractivity contribution in [1.29, 1.82) is 0 Å². The molecule has 1 fully saturated rings. The number of ether oxygens (including phenoxy) is 1. The fraction of sp³-hybridized carbons (Fsp3) is 1.00. The molecule has 0 aromatic heterocycles. The molecule has 1 rings (SSSR count). The summed E-state index contributed by atoms with van der Waals surface area (Å²) in [6, 6.07) is 0. The third-order valence-corrected chi connectivity index (χ3v) is 1.83. The fourth-order valence-corrected chi connectivity index (χ4v) is 0.995. The average molecular weight is 130 g/mol. The highest BCUT2D eigenvalue weighted by Gasteiger charge is 2.28. The van der Waals surface area contributed by atoms with Crippen LogP contribution < -0.4 is 0 Å². The summed E-state index contributed by atoms with van der Waals surface area (Å²) < 4.78 is 4.95. The van der Waals surface area contributed by atoms with Crippen LogP contribution >= 0.6 is 0 Å². The highest BCUT2D eigenvalue weighted by atomic mass is 16.5. The van der Waals surface area contributed by atoms with E-state index in [2.05, 4.69) is 0 Å². The Morgan fingerprint density at radius 2 is 2.00 bits per heavy atom. The molecular weight excluding hydrogens is 116 g/mol. The minimum atomic E-state index is -0.154. The Morgan fingerprint density at radius 3 is 2.11 bits per heavy atom. The van der Waals surface area contributed by atoms with Gasteiger partial charge in [0.05, 0.1) is 19.3 Å². The maximum atomic E-state index is 9.37. The molecule has 0 aromatic rings. The minimum absolute atomic E-state index is 0.154. The largest absolute Gasteiger partial charge is 0.392 e. The lowest BCUT2D eigenvalue weighted by Gasteiger charge is -2.32. The molecule has 1 aliphatic heterocycles. The Hall–Kier alpha value is -0.0800. The van der Waals surface area contributed by atoms with Gasteiger partial charge in [-0.2, -0.15) is 0 Å². The van der Waals surface area contributed by atoms with Crippen molar-refractivity contribution in [1.82, 2.24) is 0 Å². The summed E-state index contributed by atoms with van der Waals surface area (Å²) in [5.41, 5.74) is 0. The minimum Gasteiger partial charge on any atom is -0.392 e. The van der Waals surface area contributed by atoms with Crippen molar-refractivity contribution in [2.24, 2.45) is 11.8 Å². The van der Waals surface area contributed by atoms with Crippen molar-refractivity contribution in [2.45, 2.75) is 20.0 Å². The van der Waals surface area contributed by atoms with Gasteiger partial charge < -0.3 is 9.84 Å². The van der Waals surface area contributed by atoms with Crippen LogP contribution in [0.3, 0.4) is 0 Å². The maximum absolute atomic E-state index is 9.37. The summed E-state index contributed by atoms with van der Waals surface area (Å²) in [5.74, 6) is 0.781. The first-order valence-corrected chi connectivity index (χ1v) is 3.47. The molecule has 54 valence electrons. The molecule has 2 nitrogen and oxygen atoms in total. The van der Waals surface area contributed by atoms with Gasteiger partial charge in [-0.15, -0.1) is 0 Å². The molecule has 1 N–H and O–H groups in total. The maximum Gasteiger partial charge on any atom is 0.0635 e. The molecule has 1 heterocycles. The van der Waals surface area contributed by atoms with Crippen LogP contribution in [0, 0.1) is 11.8 Å². The zero-order valence-corrected chi connectivity index (χ0v) is 6.00. The number of aliphatic hydroxyl groups is 1. The van der Waals surface area contributed by atoms with Crippen molar-refractivity contribution in [2.75, 3.05) is 13.2 Å². The third kappa shape index (κ3) is 1.43. The molecule has 2 heteroatoms. The smallest absolute Gasteiger partial charge is 0.0635 e. The van der Waals surface area contributed by atoms with Gasteiger partial charge in [0.25, 0.3) is 0 Å². The average Bonchev–Trinajstić information content (AvgIpc) is 1.60. The van der Waals surface area contributed by atoms with Crippen molar-refractivity contribution >= 4 is 0 Å². The van der Waals surface area contributed by atoms with Gasteiger partial charge in [0.1, 0.15) is 0 Å². The van der Waals surface area contributed by atoms with Gasteiger partial charge in [-0.3, -0.25) is 0 Å². The SMILES string of the molecule is CC(C)C(O)C1COC1. The second-order valence-electron chi connectivity index (χ2n) is 3.03. The lowest BCUT2D eigenvalue weighted by atomic mass is 9.92. The van der Waals surface area contributed by atoms with E-state index in [-0.39, 0.29) is 6.10 Å². The molecule has 1 aliphatic rings. The molecular formula is C7H14O2. The molecule has 0 radical (unpaired) electrons. The zero-order valence-electron chi connectivity index (χ0n) is 6.00. The van der Waals surface area contributed by atoms with Gasteiger partial charge in [-0.1, -0.05) is 13.8 Å². The molecule has 1 atom stereocenters. The second kappa shape index (κ2) is 2.67. The Labute approximate surface area is 55.8 Å². The predicted molar refractivity (Wildman–Crippen MR) is 35.2 cm³/mol. The van der Waals surface area contributed by atoms with Gasteiger partial charge >= 0.3 is 0 Å². The first kappa shape index (κ1) is 7.03. The van der Waals surface area contributed by atoms with Crippen molar-refractivity contribution in [3.8, 4) is 0 Å². The molecule has 9 heavy (non-hydrogen) atoms. The standard InChI is InChI=1S/C7H14O2/c1-5(2)7(8)6-3-9-4-6/h5-8H,3-4H2,1-2H3. The van der Waals surface area contributed by atoms with Gasteiger partial charge in [0, 0.05) is 5.92 Å². The first-order chi connectivity index (χ1) is 4.22. The van der Waals surface area contributed by atoms with E-state index in [1.807, 2.05) is 13.8 Å². The Balaban J connectivity index is 2.23. The summed E-state index contributed by atoms with van der Waals surface area (Å²) in [7, 11) is 0. The second-order valence-corrected chi connectivity index (χ2v) is 3.03. The van der Waals surface area contributed by atoms with Crippen LogP contribution in [-0.4, -0.2) is 24.4 Å². The molecule has 0 bridgehead atoms. The topological polar surface area (TPSA) is 29.5 Å². The summed E-state index contributed by atoms with van der Waals surface area (Å²) in [5, 5.41) is 9.37. The highest BCUT2D eigenvalue weighted by Crippen LogP contribution is 2.19. The number of rotatable bonds is 2. The number of hydrogen-bond donors (Lipinski definition) is 1. The van der Waals surface area contributed by atoms with E-state index >= 15 is 0 Å². The van der Waals surface area contributed by atoms with E-state index in [1.54, 1.807) is 0 Å². The lowest BCUT2D eigenvalue weighted by Crippen LogP contribution is -2.40. The van der Waals surface area contributed by atoms with E-state index in [9.17, 15) is 5.11 Å². The number of hydrogen-bond acceptors (Lipinski definition) is 2. The monoisotopic (exact) mass is 130 g/mol. The summed E-state index contributed by atoms with van der Waals surface area (Å²) in [6.07, 6.45) is -0.154. The van der Waals surface area contributed by atoms with E-state index in [0.29, 0.717) is 11.8 Å². The summed E-state index contributed by atoms with van der Waals surface area (Å²) in [6.45, 7) is 5.56. The number of aliphatic hydroxyl groups excluding tert-OH is 1. The van der Waals surface area contributed by atoms with Gasteiger partial charge in [0.15, 0.2) is 0 Å². The van der Waals surface area contributed by atoms with Gasteiger partial charge in [0.2, 0.25) is 0 Å². The van der Waals surface area contributed by atoms with Crippen LogP contribution in [0.25, 0.3) is 0 Å². The summed E-state index contributed by atoms with van der Waals surface area (Å²) in [4.78, 5) is 0. The lowest BCUT2D eigenvalue weighted by molar-refractivity contribution is -0.104. The Kier molecular flexibility index (Phi) is 2.09. The summed E-state index contributed by atoms with van der Waals surface area (Å²) >= 11 is 0. The van der Waals surface area contributed by atoms with Crippen molar-refractivity contribution < 1.29 is 9.84 Å². The van der Waals surface area contributed by atoms with E-state index in [4.69, 9.17) is 4.74 Å². The molecule has 1 unspecified atom stereocenters. The first-order valence-electron chi connectivity index (χ1n) is 3.47. The van der Waals surface area contributed by atoms with Crippen LogP contribution in [0.2, 0.25) is 0 Å². The van der Waals surface area contributed by atoms with E-state index < -0.39 is 0 Å². The van der Waals surface area contributed by atoms with Crippen molar-refractivity contribution in [3.63, 3.8) is 0 Å². The zero-order chi connectivity index (χ0) is 6.85. The van der Waals surface area contributed by atoms with Crippen LogP contribution in [0.4, 0.5) is 0 Å². The molecule has 0 amide bonds. The van der Waals surface area contributed by atoms with Gasteiger partial charge in [-0.05, 0) is 5.92 Å². The third-order valence-electron chi connectivity index (χ3n) is 1.83. The van der Waals surface area contributed by atoms with E-state index in [0.717, 1.165) is 13.2 Å². The molecule has 0 saturated carbocycles. The van der Waals surface area contributed by atoms with E-state index in [1.165, 1.54) is 0 Å². The fourth-order valence-electron chi connectivity index (χ4n) is 0.995. The van der Waals surface area contributed by atoms with Crippen LogP contribution in [-0.2, 0) is 4.74 Å². The van der Waals surface area contributed by atoms with Crippen LogP contribution in [0.15, 0.2) is 0 Å². The Bertz CT molecular complexity index is 86.9. The van der Waals surface area contributed by atoms with Gasteiger partial charge in [-0.25, -0.2) is 0 Å². The predicted octanol–water partition coefficient (Wildman–Crippen LogP) is 0.650. The molecule has 0 spiro atoms. The van der Waals surface area contributed by atoms with Crippen molar-refractivity contribution in [3.05, 3.63) is 0 Å². The quantitative estimate of drug-likeness (QED) is 0.594. The Morgan fingerprint density at radius 1 is 1.44 bits per heavy atom.